The van der Waals surface area contributed by atoms with Crippen molar-refractivity contribution in [2.24, 2.45) is 0 Å². The molecule has 2 heteroatoms. The van der Waals surface area contributed by atoms with Gasteiger partial charge in [-0.25, -0.2) is 0 Å². The average Bonchev–Trinajstić information content (AvgIpc) is 2.18. The monoisotopic (exact) mass is 196 g/mol. The molecule has 2 atom stereocenters. The molecule has 0 radical (unpaired) electrons. The van der Waals surface area contributed by atoms with Crippen molar-refractivity contribution >= 4 is 0 Å². The van der Waals surface area contributed by atoms with Gasteiger partial charge in [-0.2, -0.15) is 0 Å². The quantitative estimate of drug-likeness (QED) is 0.583. The van der Waals surface area contributed by atoms with Crippen LogP contribution < -0.4 is 0 Å². The van der Waals surface area contributed by atoms with Crippen molar-refractivity contribution in [3.63, 3.8) is 0 Å². The van der Waals surface area contributed by atoms with Crippen LogP contribution in [-0.4, -0.2) is 22.4 Å². The second kappa shape index (κ2) is 6.80. The molecule has 2 nitrogen and oxygen atoms in total. The fourth-order valence-corrected chi connectivity index (χ4v) is 1.58. The molecule has 0 unspecified atom stereocenters. The highest BCUT2D eigenvalue weighted by Crippen LogP contribution is 2.10. The average molecular weight is 196 g/mol. The molecule has 1 aliphatic carbocycles. The molecule has 1 aliphatic rings. The Hall–Kier alpha value is -0.600. The molecule has 0 aromatic carbocycles. The Labute approximate surface area is 86.0 Å². The van der Waals surface area contributed by atoms with Gasteiger partial charge in [0, 0.05) is 0 Å². The molecule has 14 heavy (non-hydrogen) atoms. The SMILES string of the molecule is O[C@@H]1C/C=C\CC/C=C/CCC[C@H]1O. The lowest BCUT2D eigenvalue weighted by Crippen LogP contribution is -2.25. The van der Waals surface area contributed by atoms with Crippen molar-refractivity contribution in [3.8, 4) is 0 Å². The van der Waals surface area contributed by atoms with E-state index >= 15 is 0 Å². The summed E-state index contributed by atoms with van der Waals surface area (Å²) >= 11 is 0. The van der Waals surface area contributed by atoms with Crippen molar-refractivity contribution in [1.82, 2.24) is 0 Å². The molecule has 0 bridgehead atoms. The number of allylic oxidation sites excluding steroid dienone is 3. The molecule has 0 saturated carbocycles. The Bertz CT molecular complexity index is 196. The number of hydrogen-bond acceptors (Lipinski definition) is 2. The second-order valence-corrected chi connectivity index (χ2v) is 3.82. The van der Waals surface area contributed by atoms with Crippen LogP contribution in [-0.2, 0) is 0 Å². The van der Waals surface area contributed by atoms with Crippen LogP contribution in [0.5, 0.6) is 0 Å². The summed E-state index contributed by atoms with van der Waals surface area (Å²) in [7, 11) is 0. The van der Waals surface area contributed by atoms with Gasteiger partial charge in [-0.3, -0.25) is 0 Å². The first-order valence-electron chi connectivity index (χ1n) is 5.47. The van der Waals surface area contributed by atoms with E-state index in [0.717, 1.165) is 25.7 Å². The van der Waals surface area contributed by atoms with E-state index in [4.69, 9.17) is 0 Å². The van der Waals surface area contributed by atoms with Crippen LogP contribution >= 0.6 is 0 Å². The predicted molar refractivity (Wildman–Crippen MR) is 58.0 cm³/mol. The Morgan fingerprint density at radius 2 is 1.43 bits per heavy atom. The van der Waals surface area contributed by atoms with Crippen LogP contribution in [0.3, 0.4) is 0 Å². The highest BCUT2D eigenvalue weighted by Gasteiger charge is 2.13. The zero-order valence-corrected chi connectivity index (χ0v) is 8.60. The molecule has 0 fully saturated rings. The van der Waals surface area contributed by atoms with Crippen LogP contribution in [0.1, 0.15) is 38.5 Å². The van der Waals surface area contributed by atoms with Crippen molar-refractivity contribution < 1.29 is 10.2 Å². The highest BCUT2D eigenvalue weighted by atomic mass is 16.3. The normalized spacial score (nSPS) is 35.3. The lowest BCUT2D eigenvalue weighted by Gasteiger charge is -2.15. The highest BCUT2D eigenvalue weighted by molar-refractivity contribution is 4.91. The minimum Gasteiger partial charge on any atom is -0.390 e. The number of hydrogen-bond donors (Lipinski definition) is 2. The summed E-state index contributed by atoms with van der Waals surface area (Å²) in [4.78, 5) is 0. The first kappa shape index (κ1) is 11.5. The minimum absolute atomic E-state index is 0.563. The summed E-state index contributed by atoms with van der Waals surface area (Å²) in [6, 6.07) is 0. The fourth-order valence-electron chi connectivity index (χ4n) is 1.58. The van der Waals surface area contributed by atoms with Gasteiger partial charge in [-0.15, -0.1) is 0 Å². The first-order chi connectivity index (χ1) is 6.80. The largest absolute Gasteiger partial charge is 0.390 e. The zero-order valence-electron chi connectivity index (χ0n) is 8.60. The van der Waals surface area contributed by atoms with Crippen LogP contribution in [0, 0.1) is 0 Å². The van der Waals surface area contributed by atoms with Crippen LogP contribution in [0.4, 0.5) is 0 Å². The van der Waals surface area contributed by atoms with Gasteiger partial charge < -0.3 is 10.2 Å². The van der Waals surface area contributed by atoms with E-state index in [1.165, 1.54) is 0 Å². The summed E-state index contributed by atoms with van der Waals surface area (Å²) in [5, 5.41) is 19.1. The van der Waals surface area contributed by atoms with Crippen molar-refractivity contribution in [2.75, 3.05) is 0 Å². The lowest BCUT2D eigenvalue weighted by atomic mass is 10.0. The van der Waals surface area contributed by atoms with Crippen LogP contribution in [0.15, 0.2) is 24.3 Å². The van der Waals surface area contributed by atoms with Gasteiger partial charge in [-0.1, -0.05) is 24.3 Å². The third-order valence-electron chi connectivity index (χ3n) is 2.53. The van der Waals surface area contributed by atoms with Gasteiger partial charge in [0.1, 0.15) is 0 Å². The number of aliphatic hydroxyl groups excluding tert-OH is 2. The summed E-state index contributed by atoms with van der Waals surface area (Å²) < 4.78 is 0. The summed E-state index contributed by atoms with van der Waals surface area (Å²) in [6.07, 6.45) is 12.6. The summed E-state index contributed by atoms with van der Waals surface area (Å²) in [5.74, 6) is 0. The molecule has 1 rings (SSSR count). The van der Waals surface area contributed by atoms with Gasteiger partial charge in [0.05, 0.1) is 12.2 Å². The second-order valence-electron chi connectivity index (χ2n) is 3.82. The molecule has 0 spiro atoms. The molecule has 0 aromatic heterocycles. The smallest absolute Gasteiger partial charge is 0.0833 e. The fraction of sp³-hybridized carbons (Fsp3) is 0.667. The van der Waals surface area contributed by atoms with E-state index in [1.54, 1.807) is 0 Å². The molecule has 2 N–H and O–H groups in total. The van der Waals surface area contributed by atoms with Gasteiger partial charge >= 0.3 is 0 Å². The third-order valence-corrected chi connectivity index (χ3v) is 2.53. The topological polar surface area (TPSA) is 40.5 Å². The van der Waals surface area contributed by atoms with E-state index in [2.05, 4.69) is 18.2 Å². The molecular weight excluding hydrogens is 176 g/mol. The molecule has 0 aromatic rings. The van der Waals surface area contributed by atoms with Gasteiger partial charge in [-0.05, 0) is 38.5 Å². The van der Waals surface area contributed by atoms with Gasteiger partial charge in [0.25, 0.3) is 0 Å². The Morgan fingerprint density at radius 1 is 0.786 bits per heavy atom. The Morgan fingerprint density at radius 3 is 2.21 bits per heavy atom. The molecule has 0 amide bonds. The molecule has 0 heterocycles. The maximum absolute atomic E-state index is 9.55. The molecule has 80 valence electrons. The minimum atomic E-state index is -0.588. The summed E-state index contributed by atoms with van der Waals surface area (Å²) in [5.41, 5.74) is 0. The summed E-state index contributed by atoms with van der Waals surface area (Å²) in [6.45, 7) is 0. The lowest BCUT2D eigenvalue weighted by molar-refractivity contribution is 0.0157. The Balaban J connectivity index is 2.41. The van der Waals surface area contributed by atoms with Gasteiger partial charge in [0.15, 0.2) is 0 Å². The zero-order chi connectivity index (χ0) is 10.2. The third kappa shape index (κ3) is 4.58. The van der Waals surface area contributed by atoms with Crippen LogP contribution in [0.25, 0.3) is 0 Å². The van der Waals surface area contributed by atoms with Gasteiger partial charge in [0.2, 0.25) is 0 Å². The van der Waals surface area contributed by atoms with E-state index in [9.17, 15) is 10.2 Å². The van der Waals surface area contributed by atoms with E-state index in [-0.39, 0.29) is 0 Å². The molecule has 0 saturated heterocycles. The van der Waals surface area contributed by atoms with Crippen LogP contribution in [0.2, 0.25) is 0 Å². The first-order valence-corrected chi connectivity index (χ1v) is 5.47. The number of rotatable bonds is 0. The standard InChI is InChI=1S/C12H20O2/c13-11-9-7-5-3-1-2-4-6-8-10-12(11)14/h1,3,6,8,11-14H,2,4-5,7,9-10H2/b3-1+,8-6-/t11-,12-/m1/s1. The van der Waals surface area contributed by atoms with E-state index in [1.807, 2.05) is 6.08 Å². The van der Waals surface area contributed by atoms with Crippen molar-refractivity contribution in [1.29, 1.82) is 0 Å². The van der Waals surface area contributed by atoms with E-state index in [0.29, 0.717) is 12.8 Å². The number of aliphatic hydroxyl groups is 2. The van der Waals surface area contributed by atoms with E-state index < -0.39 is 12.2 Å². The Kier molecular flexibility index (Phi) is 5.57. The predicted octanol–water partition coefficient (Wildman–Crippen LogP) is 2.17. The maximum Gasteiger partial charge on any atom is 0.0833 e. The molecular formula is C12H20O2. The van der Waals surface area contributed by atoms with Crippen molar-refractivity contribution in [2.45, 2.75) is 50.7 Å². The maximum atomic E-state index is 9.55. The molecule has 0 aliphatic heterocycles. The van der Waals surface area contributed by atoms with Crippen molar-refractivity contribution in [3.05, 3.63) is 24.3 Å².